The van der Waals surface area contributed by atoms with Crippen LogP contribution in [0.25, 0.3) is 0 Å². The molecule has 4 heteroatoms. The highest BCUT2D eigenvalue weighted by Gasteiger charge is 2.22. The summed E-state index contributed by atoms with van der Waals surface area (Å²) in [4.78, 5) is 2.18. The molecule has 1 aliphatic heterocycles. The molecule has 0 amide bonds. The number of aliphatic hydroxyl groups excluding tert-OH is 1. The summed E-state index contributed by atoms with van der Waals surface area (Å²) in [7, 11) is 0. The van der Waals surface area contributed by atoms with Gasteiger partial charge in [0.25, 0.3) is 0 Å². The van der Waals surface area contributed by atoms with Crippen molar-refractivity contribution in [3.63, 3.8) is 0 Å². The first-order valence-corrected chi connectivity index (χ1v) is 6.77. The molecule has 0 saturated carbocycles. The second kappa shape index (κ2) is 5.46. The van der Waals surface area contributed by atoms with E-state index < -0.39 is 0 Å². The first-order valence-electron chi connectivity index (χ1n) is 5.98. The van der Waals surface area contributed by atoms with Crippen molar-refractivity contribution in [1.82, 2.24) is 4.90 Å². The van der Waals surface area contributed by atoms with E-state index in [1.165, 1.54) is 6.07 Å². The Bertz CT molecular complexity index is 411. The minimum absolute atomic E-state index is 0.112. The summed E-state index contributed by atoms with van der Waals surface area (Å²) in [5.74, 6) is -0.112. The fourth-order valence-corrected chi connectivity index (χ4v) is 2.73. The van der Waals surface area contributed by atoms with Crippen LogP contribution >= 0.6 is 15.9 Å². The number of nitrogens with zero attached hydrogens (tertiary/aromatic N) is 1. The molecule has 0 unspecified atom stereocenters. The molecule has 0 spiro atoms. The van der Waals surface area contributed by atoms with Gasteiger partial charge in [0.05, 0.1) is 6.10 Å². The molecule has 1 aromatic rings. The Hall–Kier alpha value is -0.450. The van der Waals surface area contributed by atoms with Crippen LogP contribution in [-0.4, -0.2) is 29.2 Å². The van der Waals surface area contributed by atoms with Gasteiger partial charge < -0.3 is 5.11 Å². The van der Waals surface area contributed by atoms with Gasteiger partial charge in [-0.3, -0.25) is 4.90 Å². The number of hydrogen-bond acceptors (Lipinski definition) is 2. The Balaban J connectivity index is 2.15. The SMILES string of the molecule is CC[C@H](O)CN1CCc2c(F)ccc(Br)c2C1. The zero-order chi connectivity index (χ0) is 12.4. The molecule has 17 heavy (non-hydrogen) atoms. The zero-order valence-corrected chi connectivity index (χ0v) is 11.5. The number of aliphatic hydroxyl groups is 1. The average molecular weight is 302 g/mol. The predicted octanol–water partition coefficient (Wildman–Crippen LogP) is 2.72. The minimum Gasteiger partial charge on any atom is -0.392 e. The molecule has 0 aliphatic carbocycles. The standard InChI is InChI=1S/C13H17BrFNO/c1-2-9(17)7-16-6-5-10-11(8-16)12(14)3-4-13(10)15/h3-4,9,17H,2,5-8H2,1H3/t9-/m0/s1. The van der Waals surface area contributed by atoms with E-state index in [9.17, 15) is 9.50 Å². The van der Waals surface area contributed by atoms with Gasteiger partial charge in [-0.25, -0.2) is 4.39 Å². The lowest BCUT2D eigenvalue weighted by molar-refractivity contribution is 0.102. The van der Waals surface area contributed by atoms with Crippen LogP contribution in [0.1, 0.15) is 24.5 Å². The lowest BCUT2D eigenvalue weighted by Crippen LogP contribution is -2.36. The van der Waals surface area contributed by atoms with Crippen molar-refractivity contribution < 1.29 is 9.50 Å². The maximum atomic E-state index is 13.6. The molecule has 0 bridgehead atoms. The van der Waals surface area contributed by atoms with Crippen molar-refractivity contribution in [2.75, 3.05) is 13.1 Å². The first kappa shape index (κ1) is 13.0. The molecule has 0 saturated heterocycles. The van der Waals surface area contributed by atoms with Gasteiger partial charge in [-0.05, 0) is 36.1 Å². The van der Waals surface area contributed by atoms with Crippen LogP contribution in [0.3, 0.4) is 0 Å². The molecule has 0 radical (unpaired) electrons. The van der Waals surface area contributed by atoms with Crippen LogP contribution in [-0.2, 0) is 13.0 Å². The Morgan fingerprint density at radius 3 is 2.94 bits per heavy atom. The molecule has 2 nitrogen and oxygen atoms in total. The summed E-state index contributed by atoms with van der Waals surface area (Å²) in [6.45, 7) is 4.17. The average Bonchev–Trinajstić information content (AvgIpc) is 2.34. The van der Waals surface area contributed by atoms with E-state index in [2.05, 4.69) is 20.8 Å². The molecule has 1 N–H and O–H groups in total. The van der Waals surface area contributed by atoms with Crippen LogP contribution in [0.2, 0.25) is 0 Å². The smallest absolute Gasteiger partial charge is 0.126 e. The Labute approximate surface area is 110 Å². The number of benzene rings is 1. The van der Waals surface area contributed by atoms with Gasteiger partial charge in [-0.1, -0.05) is 22.9 Å². The molecule has 94 valence electrons. The normalized spacial score (nSPS) is 17.9. The van der Waals surface area contributed by atoms with Crippen LogP contribution in [0, 0.1) is 5.82 Å². The van der Waals surface area contributed by atoms with Gasteiger partial charge in [0.1, 0.15) is 5.82 Å². The Morgan fingerprint density at radius 1 is 1.47 bits per heavy atom. The minimum atomic E-state index is -0.288. The van der Waals surface area contributed by atoms with E-state index in [-0.39, 0.29) is 11.9 Å². The summed E-state index contributed by atoms with van der Waals surface area (Å²) in [6, 6.07) is 3.27. The molecular weight excluding hydrogens is 285 g/mol. The van der Waals surface area contributed by atoms with Gasteiger partial charge in [0, 0.05) is 24.1 Å². The number of hydrogen-bond donors (Lipinski definition) is 1. The third-order valence-electron chi connectivity index (χ3n) is 3.32. The Morgan fingerprint density at radius 2 is 2.24 bits per heavy atom. The number of halogens is 2. The first-order chi connectivity index (χ1) is 8.11. The van der Waals surface area contributed by atoms with E-state index >= 15 is 0 Å². The predicted molar refractivity (Wildman–Crippen MR) is 69.4 cm³/mol. The maximum absolute atomic E-state index is 13.6. The summed E-state index contributed by atoms with van der Waals surface area (Å²) in [6.07, 6.45) is 1.19. The van der Waals surface area contributed by atoms with Gasteiger partial charge in [0.15, 0.2) is 0 Å². The fraction of sp³-hybridized carbons (Fsp3) is 0.538. The van der Waals surface area contributed by atoms with Gasteiger partial charge in [0.2, 0.25) is 0 Å². The quantitative estimate of drug-likeness (QED) is 0.928. The second-order valence-electron chi connectivity index (χ2n) is 4.53. The van der Waals surface area contributed by atoms with Crippen LogP contribution in [0.4, 0.5) is 4.39 Å². The van der Waals surface area contributed by atoms with Crippen LogP contribution in [0.15, 0.2) is 16.6 Å². The van der Waals surface area contributed by atoms with E-state index in [0.717, 1.165) is 35.0 Å². The van der Waals surface area contributed by atoms with E-state index in [0.29, 0.717) is 13.1 Å². The fourth-order valence-electron chi connectivity index (χ4n) is 2.23. The van der Waals surface area contributed by atoms with Gasteiger partial charge in [-0.15, -0.1) is 0 Å². The third-order valence-corrected chi connectivity index (χ3v) is 4.06. The van der Waals surface area contributed by atoms with Gasteiger partial charge in [-0.2, -0.15) is 0 Å². The molecule has 0 aromatic heterocycles. The monoisotopic (exact) mass is 301 g/mol. The lowest BCUT2D eigenvalue weighted by Gasteiger charge is -2.31. The molecule has 1 atom stereocenters. The van der Waals surface area contributed by atoms with E-state index in [1.54, 1.807) is 6.07 Å². The summed E-state index contributed by atoms with van der Waals surface area (Å²) in [5, 5.41) is 9.65. The molecule has 1 aromatic carbocycles. The molecule has 0 fully saturated rings. The summed E-state index contributed by atoms with van der Waals surface area (Å²) in [5.41, 5.74) is 1.85. The number of rotatable bonds is 3. The number of β-amino-alcohol motifs (C(OH)–C–C–N with tert-alkyl or cyclic N) is 1. The van der Waals surface area contributed by atoms with Crippen molar-refractivity contribution >= 4 is 15.9 Å². The zero-order valence-electron chi connectivity index (χ0n) is 9.92. The van der Waals surface area contributed by atoms with Gasteiger partial charge >= 0.3 is 0 Å². The van der Waals surface area contributed by atoms with Crippen molar-refractivity contribution in [3.05, 3.63) is 33.5 Å². The topological polar surface area (TPSA) is 23.5 Å². The highest BCUT2D eigenvalue weighted by molar-refractivity contribution is 9.10. The summed E-state index contributed by atoms with van der Waals surface area (Å²) < 4.78 is 14.6. The number of fused-ring (bicyclic) bond motifs is 1. The lowest BCUT2D eigenvalue weighted by atomic mass is 9.99. The highest BCUT2D eigenvalue weighted by Crippen LogP contribution is 2.28. The third kappa shape index (κ3) is 2.87. The molecule has 2 rings (SSSR count). The Kier molecular flexibility index (Phi) is 4.17. The van der Waals surface area contributed by atoms with E-state index in [4.69, 9.17) is 0 Å². The second-order valence-corrected chi connectivity index (χ2v) is 5.39. The molecule has 1 heterocycles. The van der Waals surface area contributed by atoms with Crippen molar-refractivity contribution in [1.29, 1.82) is 0 Å². The van der Waals surface area contributed by atoms with Crippen molar-refractivity contribution in [2.45, 2.75) is 32.4 Å². The summed E-state index contributed by atoms with van der Waals surface area (Å²) >= 11 is 3.47. The van der Waals surface area contributed by atoms with Crippen molar-refractivity contribution in [2.24, 2.45) is 0 Å². The highest BCUT2D eigenvalue weighted by atomic mass is 79.9. The van der Waals surface area contributed by atoms with Crippen molar-refractivity contribution in [3.8, 4) is 0 Å². The van der Waals surface area contributed by atoms with E-state index in [1.807, 2.05) is 6.92 Å². The van der Waals surface area contributed by atoms with Crippen LogP contribution < -0.4 is 0 Å². The van der Waals surface area contributed by atoms with Crippen LogP contribution in [0.5, 0.6) is 0 Å². The molecular formula is C13H17BrFNO. The maximum Gasteiger partial charge on any atom is 0.126 e. The molecule has 1 aliphatic rings. The largest absolute Gasteiger partial charge is 0.392 e.